The summed E-state index contributed by atoms with van der Waals surface area (Å²) in [5.74, 6) is -2.25. The number of likely N-dealkylation sites (tertiary alicyclic amines) is 1. The van der Waals surface area contributed by atoms with E-state index in [0.29, 0.717) is 0 Å². The third kappa shape index (κ3) is 6.98. The van der Waals surface area contributed by atoms with Crippen LogP contribution in [-0.2, 0) is 34.9 Å². The van der Waals surface area contributed by atoms with Gasteiger partial charge in [-0.15, -0.1) is 0 Å². The van der Waals surface area contributed by atoms with Crippen LogP contribution >= 0.6 is 0 Å². The van der Waals surface area contributed by atoms with Gasteiger partial charge in [0.2, 0.25) is 5.91 Å². The number of rotatable bonds is 11. The van der Waals surface area contributed by atoms with Gasteiger partial charge in [-0.2, -0.15) is 0 Å². The quantitative estimate of drug-likeness (QED) is 0.0913. The SMILES string of the molecule is COC(=O)C(O[Si](C)(C)C(C)(C)C)C(C(=O)OCc1ccccc1)N1C(=O)[C@@H](N=[N+]=[N-])[C@H]1/C=C/c1ccccc1. The molecule has 11 heteroatoms. The van der Waals surface area contributed by atoms with Gasteiger partial charge in [0.1, 0.15) is 12.6 Å². The van der Waals surface area contributed by atoms with Crippen molar-refractivity contribution < 1.29 is 28.3 Å². The molecule has 1 fully saturated rings. The molecule has 212 valence electrons. The first-order chi connectivity index (χ1) is 18.9. The highest BCUT2D eigenvalue weighted by Crippen LogP contribution is 2.39. The molecule has 1 saturated heterocycles. The lowest BCUT2D eigenvalue weighted by atomic mass is 9.90. The number of nitrogens with zero attached hydrogens (tertiary/aromatic N) is 4. The van der Waals surface area contributed by atoms with Gasteiger partial charge >= 0.3 is 11.9 Å². The van der Waals surface area contributed by atoms with Crippen LogP contribution in [0.3, 0.4) is 0 Å². The molecule has 4 atom stereocenters. The fourth-order valence-corrected chi connectivity index (χ4v) is 5.25. The first-order valence-electron chi connectivity index (χ1n) is 13.0. The second-order valence-electron chi connectivity index (χ2n) is 11.0. The zero-order chi connectivity index (χ0) is 29.5. The molecular formula is C29H36N4O6Si. The summed E-state index contributed by atoms with van der Waals surface area (Å²) in [5, 5.41) is 3.34. The topological polar surface area (TPSA) is 131 Å². The summed E-state index contributed by atoms with van der Waals surface area (Å²) in [7, 11) is -1.47. The van der Waals surface area contributed by atoms with E-state index in [1.54, 1.807) is 24.3 Å². The van der Waals surface area contributed by atoms with Gasteiger partial charge in [-0.3, -0.25) is 4.79 Å². The molecule has 1 heterocycles. The average Bonchev–Trinajstić information content (AvgIpc) is 2.93. The predicted molar refractivity (Wildman–Crippen MR) is 153 cm³/mol. The van der Waals surface area contributed by atoms with Gasteiger partial charge in [0.25, 0.3) is 0 Å². The van der Waals surface area contributed by atoms with Crippen LogP contribution in [-0.4, -0.2) is 62.4 Å². The first kappa shape index (κ1) is 30.6. The average molecular weight is 565 g/mol. The molecule has 1 aliphatic heterocycles. The Hall–Kier alpha value is -3.92. The second-order valence-corrected chi connectivity index (χ2v) is 15.8. The smallest absolute Gasteiger partial charge is 0.336 e. The number of azide groups is 1. The summed E-state index contributed by atoms with van der Waals surface area (Å²) >= 11 is 0. The summed E-state index contributed by atoms with van der Waals surface area (Å²) in [4.78, 5) is 44.4. The van der Waals surface area contributed by atoms with Crippen LogP contribution in [0.5, 0.6) is 0 Å². The molecule has 2 unspecified atom stereocenters. The normalized spacial score (nSPS) is 18.9. The maximum atomic E-state index is 13.8. The Bertz CT molecular complexity index is 1270. The highest BCUT2D eigenvalue weighted by Gasteiger charge is 2.57. The molecule has 0 bridgehead atoms. The van der Waals surface area contributed by atoms with Crippen LogP contribution in [0.15, 0.2) is 71.9 Å². The summed E-state index contributed by atoms with van der Waals surface area (Å²) in [5.41, 5.74) is 10.7. The predicted octanol–water partition coefficient (Wildman–Crippen LogP) is 5.26. The molecule has 0 N–H and O–H groups in total. The van der Waals surface area contributed by atoms with Crippen LogP contribution in [0.2, 0.25) is 18.1 Å². The number of ether oxygens (including phenoxy) is 2. The Morgan fingerprint density at radius 1 is 1.07 bits per heavy atom. The number of carbonyl (C=O) groups excluding carboxylic acids is 3. The van der Waals surface area contributed by atoms with E-state index in [2.05, 4.69) is 10.0 Å². The van der Waals surface area contributed by atoms with E-state index in [4.69, 9.17) is 19.4 Å². The molecule has 2 aromatic rings. The highest BCUT2D eigenvalue weighted by molar-refractivity contribution is 6.74. The summed E-state index contributed by atoms with van der Waals surface area (Å²) in [6.45, 7) is 9.78. The van der Waals surface area contributed by atoms with E-state index in [-0.39, 0.29) is 11.6 Å². The number of hydrogen-bond acceptors (Lipinski definition) is 7. The van der Waals surface area contributed by atoms with E-state index >= 15 is 0 Å². The van der Waals surface area contributed by atoms with Crippen molar-refractivity contribution in [2.45, 2.75) is 69.7 Å². The van der Waals surface area contributed by atoms with Crippen molar-refractivity contribution in [2.75, 3.05) is 7.11 Å². The fraction of sp³-hybridized carbons (Fsp3) is 0.414. The second kappa shape index (κ2) is 13.0. The van der Waals surface area contributed by atoms with Crippen LogP contribution in [0.25, 0.3) is 16.5 Å². The zero-order valence-electron chi connectivity index (χ0n) is 23.7. The number of carbonyl (C=O) groups is 3. The van der Waals surface area contributed by atoms with E-state index in [0.717, 1.165) is 11.1 Å². The molecule has 1 aliphatic rings. The van der Waals surface area contributed by atoms with Crippen molar-refractivity contribution in [3.05, 3.63) is 88.3 Å². The number of benzene rings is 2. The molecule has 3 rings (SSSR count). The van der Waals surface area contributed by atoms with Crippen molar-refractivity contribution in [3.8, 4) is 0 Å². The minimum absolute atomic E-state index is 0.0729. The highest BCUT2D eigenvalue weighted by atomic mass is 28.4. The minimum Gasteiger partial charge on any atom is -0.467 e. The molecule has 0 saturated carbocycles. The zero-order valence-corrected chi connectivity index (χ0v) is 24.7. The summed E-state index contributed by atoms with van der Waals surface area (Å²) in [6.07, 6.45) is 1.98. The van der Waals surface area contributed by atoms with Gasteiger partial charge in [-0.05, 0) is 34.8 Å². The van der Waals surface area contributed by atoms with Crippen molar-refractivity contribution in [1.82, 2.24) is 4.90 Å². The Kier molecular flexibility index (Phi) is 9.91. The lowest BCUT2D eigenvalue weighted by Gasteiger charge is -2.49. The monoisotopic (exact) mass is 564 g/mol. The standard InChI is InChI=1S/C29H36N4O6Si/c1-29(2,3)40(5,6)39-25(28(36)37-4)24(27(35)38-19-21-15-11-8-12-16-21)33-22(23(26(33)34)31-32-30)18-17-20-13-9-7-10-14-20/h7-18,22-25H,19H2,1-6H3/b18-17+/t22-,23+,24?,25?/m1/s1. The Balaban J connectivity index is 2.06. The number of hydrogen-bond donors (Lipinski definition) is 0. The van der Waals surface area contributed by atoms with Crippen molar-refractivity contribution in [2.24, 2.45) is 5.11 Å². The lowest BCUT2D eigenvalue weighted by Crippen LogP contribution is -2.72. The maximum Gasteiger partial charge on any atom is 0.336 e. The molecule has 1 amide bonds. The van der Waals surface area contributed by atoms with Gasteiger partial charge in [0.15, 0.2) is 20.5 Å². The van der Waals surface area contributed by atoms with Crippen LogP contribution < -0.4 is 0 Å². The number of esters is 2. The molecular weight excluding hydrogens is 528 g/mol. The summed E-state index contributed by atoms with van der Waals surface area (Å²) in [6, 6.07) is 15.0. The Morgan fingerprint density at radius 3 is 2.23 bits per heavy atom. The van der Waals surface area contributed by atoms with Gasteiger partial charge < -0.3 is 18.8 Å². The number of amides is 1. The van der Waals surface area contributed by atoms with Crippen LogP contribution in [0, 0.1) is 0 Å². The van der Waals surface area contributed by atoms with Gasteiger partial charge in [-0.1, -0.05) is 98.7 Å². The van der Waals surface area contributed by atoms with E-state index < -0.39 is 50.4 Å². The Labute approximate surface area is 235 Å². The molecule has 40 heavy (non-hydrogen) atoms. The molecule has 0 spiro atoms. The third-order valence-electron chi connectivity index (χ3n) is 7.33. The molecule has 10 nitrogen and oxygen atoms in total. The third-order valence-corrected chi connectivity index (χ3v) is 11.8. The molecule has 0 aromatic heterocycles. The maximum absolute atomic E-state index is 13.8. The molecule has 0 radical (unpaired) electrons. The van der Waals surface area contributed by atoms with Gasteiger partial charge in [0, 0.05) is 4.91 Å². The van der Waals surface area contributed by atoms with Gasteiger partial charge in [0.05, 0.1) is 13.2 Å². The van der Waals surface area contributed by atoms with E-state index in [1.165, 1.54) is 12.0 Å². The lowest BCUT2D eigenvalue weighted by molar-refractivity contribution is -0.177. The Morgan fingerprint density at radius 2 is 1.68 bits per heavy atom. The molecule has 0 aliphatic carbocycles. The van der Waals surface area contributed by atoms with Gasteiger partial charge in [-0.25, -0.2) is 9.59 Å². The summed E-state index contributed by atoms with van der Waals surface area (Å²) < 4.78 is 17.2. The number of methoxy groups -OCH3 is 1. The minimum atomic E-state index is -2.67. The van der Waals surface area contributed by atoms with Crippen LogP contribution in [0.1, 0.15) is 31.9 Å². The fourth-order valence-electron chi connectivity index (χ4n) is 4.03. The first-order valence-corrected chi connectivity index (χ1v) is 15.9. The number of β-lactam (4-membered cyclic amide) rings is 1. The largest absolute Gasteiger partial charge is 0.467 e. The van der Waals surface area contributed by atoms with Crippen molar-refractivity contribution >= 4 is 32.2 Å². The van der Waals surface area contributed by atoms with Crippen molar-refractivity contribution in [3.63, 3.8) is 0 Å². The van der Waals surface area contributed by atoms with E-state index in [1.807, 2.05) is 82.4 Å². The van der Waals surface area contributed by atoms with Crippen molar-refractivity contribution in [1.29, 1.82) is 0 Å². The molecule has 2 aromatic carbocycles. The van der Waals surface area contributed by atoms with E-state index in [9.17, 15) is 14.4 Å². The van der Waals surface area contributed by atoms with Crippen LogP contribution in [0.4, 0.5) is 0 Å².